The fraction of sp³-hybridized carbons (Fsp3) is 0.200. The molecule has 0 amide bonds. The molecule has 0 aliphatic carbocycles. The molecule has 0 atom stereocenters. The Kier molecular flexibility index (Phi) is 5.24. The Morgan fingerprint density at radius 3 is 2.50 bits per heavy atom. The van der Waals surface area contributed by atoms with Crippen LogP contribution >= 0.6 is 23.2 Å². The molecule has 106 valence electrons. The zero-order valence-electron chi connectivity index (χ0n) is 10.9. The number of para-hydroxylation sites is 1. The molecule has 1 N–H and O–H groups in total. The van der Waals surface area contributed by atoms with E-state index in [4.69, 9.17) is 27.9 Å². The largest absolute Gasteiger partial charge is 0.487 e. The Bertz CT molecular complexity index is 584. The van der Waals surface area contributed by atoms with Crippen LogP contribution in [0.25, 0.3) is 0 Å². The molecule has 0 saturated carbocycles. The monoisotopic (exact) mass is 313 g/mol. The van der Waals surface area contributed by atoms with E-state index in [2.05, 4.69) is 5.32 Å². The van der Waals surface area contributed by atoms with Gasteiger partial charge in [0.2, 0.25) is 0 Å². The van der Waals surface area contributed by atoms with Gasteiger partial charge in [0.1, 0.15) is 18.2 Å². The Labute approximate surface area is 127 Å². The third-order valence-corrected chi connectivity index (χ3v) is 3.49. The first-order chi connectivity index (χ1) is 9.63. The van der Waals surface area contributed by atoms with Gasteiger partial charge in [-0.1, -0.05) is 41.4 Å². The summed E-state index contributed by atoms with van der Waals surface area (Å²) < 4.78 is 19.4. The molecule has 0 fully saturated rings. The molecule has 2 nitrogen and oxygen atoms in total. The summed E-state index contributed by atoms with van der Waals surface area (Å²) in [6, 6.07) is 10.0. The van der Waals surface area contributed by atoms with Gasteiger partial charge in [0, 0.05) is 17.7 Å². The molecule has 5 heteroatoms. The number of nitrogens with one attached hydrogen (secondary N) is 1. The molecule has 2 rings (SSSR count). The first kappa shape index (κ1) is 15.1. The van der Waals surface area contributed by atoms with Gasteiger partial charge in [-0.3, -0.25) is 0 Å². The summed E-state index contributed by atoms with van der Waals surface area (Å²) in [4.78, 5) is 0. The van der Waals surface area contributed by atoms with Crippen molar-refractivity contribution in [2.75, 3.05) is 7.05 Å². The SMILES string of the molecule is CNCc1cccc(Cl)c1OCc1c(F)cccc1Cl. The summed E-state index contributed by atoms with van der Waals surface area (Å²) in [5.74, 6) is 0.155. The number of rotatable bonds is 5. The van der Waals surface area contributed by atoms with Crippen LogP contribution in [-0.2, 0) is 13.2 Å². The van der Waals surface area contributed by atoms with Crippen molar-refractivity contribution in [2.24, 2.45) is 0 Å². The van der Waals surface area contributed by atoms with Crippen LogP contribution in [0, 0.1) is 5.82 Å². The van der Waals surface area contributed by atoms with E-state index in [0.717, 1.165) is 5.56 Å². The van der Waals surface area contributed by atoms with Crippen molar-refractivity contribution in [2.45, 2.75) is 13.2 Å². The number of halogens is 3. The average Bonchev–Trinajstić information content (AvgIpc) is 2.41. The second-order valence-corrected chi connectivity index (χ2v) is 5.06. The molecule has 20 heavy (non-hydrogen) atoms. The van der Waals surface area contributed by atoms with Crippen molar-refractivity contribution in [3.63, 3.8) is 0 Å². The van der Waals surface area contributed by atoms with Crippen molar-refractivity contribution in [1.82, 2.24) is 5.32 Å². The minimum absolute atomic E-state index is 0.0337. The number of benzene rings is 2. The lowest BCUT2D eigenvalue weighted by Gasteiger charge is -2.14. The molecule has 0 saturated heterocycles. The van der Waals surface area contributed by atoms with Gasteiger partial charge in [-0.2, -0.15) is 0 Å². The first-order valence-corrected chi connectivity index (χ1v) is 6.86. The van der Waals surface area contributed by atoms with Crippen molar-refractivity contribution in [1.29, 1.82) is 0 Å². The molecular weight excluding hydrogens is 300 g/mol. The molecule has 0 aliphatic heterocycles. The third kappa shape index (κ3) is 3.42. The summed E-state index contributed by atoms with van der Waals surface area (Å²) in [5, 5.41) is 3.86. The first-order valence-electron chi connectivity index (χ1n) is 6.11. The van der Waals surface area contributed by atoms with E-state index in [9.17, 15) is 4.39 Å². The second kappa shape index (κ2) is 6.93. The highest BCUT2D eigenvalue weighted by Crippen LogP contribution is 2.30. The minimum Gasteiger partial charge on any atom is -0.487 e. The third-order valence-electron chi connectivity index (χ3n) is 2.84. The maximum Gasteiger partial charge on any atom is 0.142 e. The normalized spacial score (nSPS) is 10.6. The van der Waals surface area contributed by atoms with Gasteiger partial charge < -0.3 is 10.1 Å². The smallest absolute Gasteiger partial charge is 0.142 e. The highest BCUT2D eigenvalue weighted by atomic mass is 35.5. The van der Waals surface area contributed by atoms with Gasteiger partial charge in [-0.05, 0) is 25.2 Å². The lowest BCUT2D eigenvalue weighted by atomic mass is 10.2. The topological polar surface area (TPSA) is 21.3 Å². The molecular formula is C15H14Cl2FNO. The molecule has 0 heterocycles. The Morgan fingerprint density at radius 1 is 1.10 bits per heavy atom. The van der Waals surface area contributed by atoms with Gasteiger partial charge in [-0.25, -0.2) is 4.39 Å². The maximum absolute atomic E-state index is 13.7. The predicted molar refractivity (Wildman–Crippen MR) is 80.0 cm³/mol. The summed E-state index contributed by atoms with van der Waals surface area (Å²) in [7, 11) is 1.83. The molecule has 0 bridgehead atoms. The van der Waals surface area contributed by atoms with Crippen LogP contribution in [-0.4, -0.2) is 7.05 Å². The zero-order valence-corrected chi connectivity index (χ0v) is 12.4. The average molecular weight is 314 g/mol. The molecule has 2 aromatic rings. The number of hydrogen-bond acceptors (Lipinski definition) is 2. The fourth-order valence-corrected chi connectivity index (χ4v) is 2.33. The molecule has 0 spiro atoms. The van der Waals surface area contributed by atoms with Gasteiger partial charge in [0.25, 0.3) is 0 Å². The van der Waals surface area contributed by atoms with Gasteiger partial charge in [0.15, 0.2) is 0 Å². The molecule has 0 radical (unpaired) electrons. The van der Waals surface area contributed by atoms with Gasteiger partial charge >= 0.3 is 0 Å². The fourth-order valence-electron chi connectivity index (χ4n) is 1.86. The zero-order chi connectivity index (χ0) is 14.5. The van der Waals surface area contributed by atoms with Crippen LogP contribution in [0.15, 0.2) is 36.4 Å². The Morgan fingerprint density at radius 2 is 1.80 bits per heavy atom. The van der Waals surface area contributed by atoms with Crippen LogP contribution in [0.1, 0.15) is 11.1 Å². The summed E-state index contributed by atoms with van der Waals surface area (Å²) >= 11 is 12.1. The molecule has 0 aromatic heterocycles. The lowest BCUT2D eigenvalue weighted by Crippen LogP contribution is -2.08. The Hall–Kier alpha value is -1.29. The molecule has 0 unspecified atom stereocenters. The summed E-state index contributed by atoms with van der Waals surface area (Å²) in [6.45, 7) is 0.646. The molecule has 2 aromatic carbocycles. The van der Waals surface area contributed by atoms with Crippen molar-refractivity contribution >= 4 is 23.2 Å². The molecule has 0 aliphatic rings. The van der Waals surface area contributed by atoms with E-state index in [1.165, 1.54) is 6.07 Å². The highest BCUT2D eigenvalue weighted by molar-refractivity contribution is 6.32. The van der Waals surface area contributed by atoms with E-state index in [1.54, 1.807) is 18.2 Å². The second-order valence-electron chi connectivity index (χ2n) is 4.25. The van der Waals surface area contributed by atoms with E-state index in [1.807, 2.05) is 19.2 Å². The van der Waals surface area contributed by atoms with E-state index in [0.29, 0.717) is 27.9 Å². The Balaban J connectivity index is 2.23. The standard InChI is InChI=1S/C15H14Cl2FNO/c1-19-8-10-4-2-6-13(17)15(10)20-9-11-12(16)5-3-7-14(11)18/h2-7,19H,8-9H2,1H3. The minimum atomic E-state index is -0.389. The van der Waals surface area contributed by atoms with Crippen molar-refractivity contribution < 1.29 is 9.13 Å². The van der Waals surface area contributed by atoms with Crippen LogP contribution in [0.2, 0.25) is 10.0 Å². The van der Waals surface area contributed by atoms with Crippen LogP contribution < -0.4 is 10.1 Å². The van der Waals surface area contributed by atoms with Gasteiger partial charge in [0.05, 0.1) is 10.0 Å². The van der Waals surface area contributed by atoms with Crippen molar-refractivity contribution in [3.8, 4) is 5.75 Å². The number of ether oxygens (including phenoxy) is 1. The number of hydrogen-bond donors (Lipinski definition) is 1. The van der Waals surface area contributed by atoms with Crippen LogP contribution in [0.3, 0.4) is 0 Å². The lowest BCUT2D eigenvalue weighted by molar-refractivity contribution is 0.296. The van der Waals surface area contributed by atoms with Crippen LogP contribution in [0.4, 0.5) is 4.39 Å². The summed E-state index contributed by atoms with van der Waals surface area (Å²) in [5.41, 5.74) is 1.23. The van der Waals surface area contributed by atoms with E-state index in [-0.39, 0.29) is 12.4 Å². The highest BCUT2D eigenvalue weighted by Gasteiger charge is 2.12. The van der Waals surface area contributed by atoms with E-state index >= 15 is 0 Å². The van der Waals surface area contributed by atoms with Gasteiger partial charge in [-0.15, -0.1) is 0 Å². The maximum atomic E-state index is 13.7. The summed E-state index contributed by atoms with van der Waals surface area (Å²) in [6.07, 6.45) is 0. The van der Waals surface area contributed by atoms with Crippen molar-refractivity contribution in [3.05, 3.63) is 63.4 Å². The predicted octanol–water partition coefficient (Wildman–Crippen LogP) is 4.43. The van der Waals surface area contributed by atoms with E-state index < -0.39 is 0 Å². The van der Waals surface area contributed by atoms with Crippen LogP contribution in [0.5, 0.6) is 5.75 Å². The quantitative estimate of drug-likeness (QED) is 0.881.